The van der Waals surface area contributed by atoms with Crippen LogP contribution in [0.2, 0.25) is 0 Å². The maximum absolute atomic E-state index is 10.0. The number of hydrogen-bond donors (Lipinski definition) is 1. The molecule has 3 heteroatoms. The van der Waals surface area contributed by atoms with Gasteiger partial charge in [0.25, 0.3) is 0 Å². The third-order valence-corrected chi connectivity index (χ3v) is 3.18. The van der Waals surface area contributed by atoms with Gasteiger partial charge in [-0.1, -0.05) is 12.2 Å². The Morgan fingerprint density at radius 1 is 1.42 bits per heavy atom. The van der Waals surface area contributed by atoms with Crippen LogP contribution in [0.4, 0.5) is 0 Å². The van der Waals surface area contributed by atoms with Gasteiger partial charge in [-0.2, -0.15) is 0 Å². The van der Waals surface area contributed by atoms with Crippen LogP contribution in [0, 0.1) is 11.8 Å². The monoisotopic (exact) mass is 168 g/mol. The Morgan fingerprint density at radius 3 is 3.25 bits per heavy atom. The van der Waals surface area contributed by atoms with Crippen molar-refractivity contribution in [3.63, 3.8) is 0 Å². The van der Waals surface area contributed by atoms with Gasteiger partial charge in [0.05, 0.1) is 19.1 Å². The molecule has 1 aliphatic carbocycles. The summed E-state index contributed by atoms with van der Waals surface area (Å²) in [6.07, 6.45) is 4.85. The Balaban J connectivity index is 1.99. The van der Waals surface area contributed by atoms with Gasteiger partial charge in [-0.15, -0.1) is 0 Å². The van der Waals surface area contributed by atoms with E-state index >= 15 is 0 Å². The quantitative estimate of drug-likeness (QED) is 0.528. The van der Waals surface area contributed by atoms with Gasteiger partial charge in [0.2, 0.25) is 0 Å². The van der Waals surface area contributed by atoms with Crippen LogP contribution in [0.25, 0.3) is 0 Å². The Morgan fingerprint density at radius 2 is 2.33 bits per heavy atom. The van der Waals surface area contributed by atoms with Crippen molar-refractivity contribution in [2.75, 3.05) is 13.2 Å². The molecule has 0 spiro atoms. The smallest absolute Gasteiger partial charge is 0.164 e. The fourth-order valence-corrected chi connectivity index (χ4v) is 2.54. The van der Waals surface area contributed by atoms with Crippen molar-refractivity contribution >= 4 is 0 Å². The summed E-state index contributed by atoms with van der Waals surface area (Å²) < 4.78 is 10.8. The second-order valence-corrected chi connectivity index (χ2v) is 3.88. The zero-order valence-electron chi connectivity index (χ0n) is 6.77. The van der Waals surface area contributed by atoms with Crippen LogP contribution < -0.4 is 0 Å². The predicted molar refractivity (Wildman–Crippen MR) is 41.4 cm³/mol. The molecule has 3 rings (SSSR count). The molecule has 12 heavy (non-hydrogen) atoms. The molecular weight excluding hydrogens is 156 g/mol. The Kier molecular flexibility index (Phi) is 1.24. The first-order chi connectivity index (χ1) is 5.80. The number of allylic oxidation sites excluding steroid dienone is 1. The van der Waals surface area contributed by atoms with Crippen molar-refractivity contribution in [2.24, 2.45) is 11.8 Å². The van der Waals surface area contributed by atoms with Crippen LogP contribution in [0.15, 0.2) is 12.2 Å². The molecule has 2 fully saturated rings. The number of aliphatic hydroxyl groups is 1. The van der Waals surface area contributed by atoms with Crippen LogP contribution in [0.3, 0.4) is 0 Å². The lowest BCUT2D eigenvalue weighted by molar-refractivity contribution is -0.163. The molecule has 2 heterocycles. The van der Waals surface area contributed by atoms with Gasteiger partial charge >= 0.3 is 0 Å². The Labute approximate surface area is 71.0 Å². The van der Waals surface area contributed by atoms with Gasteiger partial charge < -0.3 is 14.6 Å². The van der Waals surface area contributed by atoms with Crippen LogP contribution in [-0.2, 0) is 9.47 Å². The van der Waals surface area contributed by atoms with Gasteiger partial charge in [-0.3, -0.25) is 0 Å². The normalized spacial score (nSPS) is 55.9. The van der Waals surface area contributed by atoms with Gasteiger partial charge in [0.15, 0.2) is 6.29 Å². The van der Waals surface area contributed by atoms with E-state index in [1.165, 1.54) is 0 Å². The first kappa shape index (κ1) is 7.06. The predicted octanol–water partition coefficient (Wildman–Crippen LogP) is 0.296. The molecule has 0 radical (unpaired) electrons. The number of ether oxygens (including phenoxy) is 2. The van der Waals surface area contributed by atoms with E-state index in [-0.39, 0.29) is 12.2 Å². The van der Waals surface area contributed by atoms with Crippen molar-refractivity contribution in [2.45, 2.75) is 18.3 Å². The Hall–Kier alpha value is -0.380. The SMILES string of the molecule is OC12C=CC3CCOC(OC1)C32. The van der Waals surface area contributed by atoms with E-state index in [4.69, 9.17) is 9.47 Å². The fraction of sp³-hybridized carbons (Fsp3) is 0.778. The van der Waals surface area contributed by atoms with E-state index in [0.29, 0.717) is 12.5 Å². The van der Waals surface area contributed by atoms with Crippen molar-refractivity contribution in [1.29, 1.82) is 0 Å². The minimum atomic E-state index is -0.726. The minimum Gasteiger partial charge on any atom is -0.383 e. The largest absolute Gasteiger partial charge is 0.383 e. The van der Waals surface area contributed by atoms with Gasteiger partial charge in [0.1, 0.15) is 5.60 Å². The second kappa shape index (κ2) is 2.10. The van der Waals surface area contributed by atoms with Crippen LogP contribution >= 0.6 is 0 Å². The summed E-state index contributed by atoms with van der Waals surface area (Å²) in [5, 5.41) is 10.0. The highest BCUT2D eigenvalue weighted by molar-refractivity contribution is 5.20. The molecule has 2 aliphatic heterocycles. The van der Waals surface area contributed by atoms with Crippen LogP contribution in [0.5, 0.6) is 0 Å². The molecule has 0 aromatic heterocycles. The molecule has 66 valence electrons. The summed E-state index contributed by atoms with van der Waals surface area (Å²) in [7, 11) is 0. The fourth-order valence-electron chi connectivity index (χ4n) is 2.54. The summed E-state index contributed by atoms with van der Waals surface area (Å²) >= 11 is 0. The third-order valence-electron chi connectivity index (χ3n) is 3.18. The molecule has 0 bridgehead atoms. The topological polar surface area (TPSA) is 38.7 Å². The average Bonchev–Trinajstić information content (AvgIpc) is 2.58. The molecule has 3 nitrogen and oxygen atoms in total. The molecule has 0 saturated carbocycles. The van der Waals surface area contributed by atoms with Crippen molar-refractivity contribution in [3.05, 3.63) is 12.2 Å². The maximum atomic E-state index is 10.0. The standard InChI is InChI=1S/C9H12O3/c10-9-3-1-6-2-4-11-8(7(6)9)12-5-9/h1,3,6-8,10H,2,4-5H2. The van der Waals surface area contributed by atoms with E-state index in [1.807, 2.05) is 6.08 Å². The second-order valence-electron chi connectivity index (χ2n) is 3.88. The summed E-state index contributed by atoms with van der Waals surface area (Å²) in [5.41, 5.74) is -0.726. The lowest BCUT2D eigenvalue weighted by Crippen LogP contribution is -2.41. The van der Waals surface area contributed by atoms with Gasteiger partial charge in [0, 0.05) is 0 Å². The van der Waals surface area contributed by atoms with E-state index in [0.717, 1.165) is 13.0 Å². The summed E-state index contributed by atoms with van der Waals surface area (Å²) in [4.78, 5) is 0. The maximum Gasteiger partial charge on any atom is 0.164 e. The van der Waals surface area contributed by atoms with E-state index < -0.39 is 5.60 Å². The number of rotatable bonds is 0. The zero-order chi connectivity index (χ0) is 8.18. The molecule has 2 saturated heterocycles. The first-order valence-electron chi connectivity index (χ1n) is 4.44. The molecule has 1 N–H and O–H groups in total. The Bertz CT molecular complexity index is 238. The van der Waals surface area contributed by atoms with Gasteiger partial charge in [-0.25, -0.2) is 0 Å². The van der Waals surface area contributed by atoms with Crippen LogP contribution in [-0.4, -0.2) is 30.2 Å². The van der Waals surface area contributed by atoms with Crippen LogP contribution in [0.1, 0.15) is 6.42 Å². The highest BCUT2D eigenvalue weighted by Gasteiger charge is 2.55. The van der Waals surface area contributed by atoms with E-state index in [1.54, 1.807) is 0 Å². The van der Waals surface area contributed by atoms with Gasteiger partial charge in [-0.05, 0) is 12.3 Å². The average molecular weight is 168 g/mol. The van der Waals surface area contributed by atoms with Crippen molar-refractivity contribution in [1.82, 2.24) is 0 Å². The third kappa shape index (κ3) is 0.715. The van der Waals surface area contributed by atoms with Crippen molar-refractivity contribution < 1.29 is 14.6 Å². The summed E-state index contributed by atoms with van der Waals surface area (Å²) in [6.45, 7) is 1.15. The highest BCUT2D eigenvalue weighted by Crippen LogP contribution is 2.46. The molecule has 0 aromatic rings. The molecule has 0 amide bonds. The summed E-state index contributed by atoms with van der Waals surface area (Å²) in [6, 6.07) is 0. The van der Waals surface area contributed by atoms with E-state index in [9.17, 15) is 5.11 Å². The zero-order valence-corrected chi connectivity index (χ0v) is 6.77. The van der Waals surface area contributed by atoms with E-state index in [2.05, 4.69) is 6.08 Å². The summed E-state index contributed by atoms with van der Waals surface area (Å²) in [5.74, 6) is 0.627. The first-order valence-corrected chi connectivity index (χ1v) is 4.44. The molecule has 3 aliphatic rings. The minimum absolute atomic E-state index is 0.159. The lowest BCUT2D eigenvalue weighted by Gasteiger charge is -2.31. The number of hydrogen-bond acceptors (Lipinski definition) is 3. The molecule has 4 unspecified atom stereocenters. The molecular formula is C9H12O3. The lowest BCUT2D eigenvalue weighted by atomic mass is 9.83. The highest BCUT2D eigenvalue weighted by atomic mass is 16.7. The molecule has 0 aromatic carbocycles. The van der Waals surface area contributed by atoms with Crippen molar-refractivity contribution in [3.8, 4) is 0 Å². The molecule has 4 atom stereocenters.